The van der Waals surface area contributed by atoms with Gasteiger partial charge in [0.05, 0.1) is 0 Å². The first-order valence-corrected chi connectivity index (χ1v) is 33.6. The maximum atomic E-state index is 2.79. The average Bonchev–Trinajstić information content (AvgIpc) is 0.796. The second kappa shape index (κ2) is 20.0. The van der Waals surface area contributed by atoms with E-state index in [4.69, 9.17) is 0 Å². The molecule has 4 fully saturated rings. The van der Waals surface area contributed by atoms with Crippen LogP contribution in [0.3, 0.4) is 0 Å². The normalized spacial score (nSPS) is 19.6. The van der Waals surface area contributed by atoms with Gasteiger partial charge >= 0.3 is 0 Å². The van der Waals surface area contributed by atoms with Crippen molar-refractivity contribution in [2.24, 2.45) is 17.8 Å². The molecule has 0 spiro atoms. The summed E-state index contributed by atoms with van der Waals surface area (Å²) in [4.78, 5) is 7.78. The standard InChI is InChI=1S/C82H64BN3Si/c1-6-19-59(20-7-1)62-33-39-66(40-34-62)84-73-45-37-64(61-23-10-3-11-24-61)50-72(73)83-71-44-43-68(52-78(71)85(77-31-18-30-76(84)81(77)83)67-41-35-63(36-42-67)60-21-8-2-9-22-60)86-74-29-16-17-32-79(74)87(69-25-12-4-13-26-69,70-27-14-5-15-28-70)80-51-65(38-46-75(80)86)82-53-56-47-57(54-82)49-58(48-56)55-82/h1-46,50-52,56-58H,47-49,53-55H2. The van der Waals surface area contributed by atoms with E-state index in [1.54, 1.807) is 5.56 Å². The third-order valence-electron chi connectivity index (χ3n) is 21.1. The highest BCUT2D eigenvalue weighted by molar-refractivity contribution is 7.21. The molecule has 0 radical (unpaired) electrons. The second-order valence-corrected chi connectivity index (χ2v) is 29.5. The lowest BCUT2D eigenvalue weighted by Gasteiger charge is -2.57. The molecule has 7 aliphatic rings. The van der Waals surface area contributed by atoms with E-state index < -0.39 is 8.07 Å². The van der Waals surface area contributed by atoms with Crippen LogP contribution in [-0.4, -0.2) is 14.8 Å². The van der Waals surface area contributed by atoms with E-state index in [0.29, 0.717) is 0 Å². The number of rotatable bonds is 9. The highest BCUT2D eigenvalue weighted by atomic mass is 28.3. The highest BCUT2D eigenvalue weighted by Gasteiger charge is 2.54. The van der Waals surface area contributed by atoms with Gasteiger partial charge in [0.2, 0.25) is 0 Å². The van der Waals surface area contributed by atoms with Crippen molar-refractivity contribution in [1.29, 1.82) is 0 Å². The van der Waals surface area contributed by atoms with Crippen molar-refractivity contribution in [3.05, 3.63) is 303 Å². The second-order valence-electron chi connectivity index (χ2n) is 25.8. The Bertz CT molecular complexity index is 4540. The lowest BCUT2D eigenvalue weighted by Crippen LogP contribution is -2.77. The number of anilines is 9. The fraction of sp³-hybridized carbons (Fsp3) is 0.122. The molecule has 4 aliphatic carbocycles. The van der Waals surface area contributed by atoms with E-state index >= 15 is 0 Å². The van der Waals surface area contributed by atoms with Gasteiger partial charge in [0, 0.05) is 51.2 Å². The molecule has 0 unspecified atom stereocenters. The van der Waals surface area contributed by atoms with Gasteiger partial charge in [-0.3, -0.25) is 0 Å². The fourth-order valence-corrected chi connectivity index (χ4v) is 23.0. The zero-order valence-corrected chi connectivity index (χ0v) is 49.7. The van der Waals surface area contributed by atoms with E-state index in [2.05, 4.69) is 312 Å². The quantitative estimate of drug-likeness (QED) is 0.133. The van der Waals surface area contributed by atoms with Gasteiger partial charge in [0.1, 0.15) is 0 Å². The summed E-state index contributed by atoms with van der Waals surface area (Å²) in [7, 11) is -2.97. The van der Waals surface area contributed by atoms with Crippen molar-refractivity contribution >= 4 is 103 Å². The van der Waals surface area contributed by atoms with E-state index in [9.17, 15) is 0 Å². The van der Waals surface area contributed by atoms with E-state index in [-0.39, 0.29) is 12.1 Å². The molecule has 12 aromatic rings. The summed E-state index contributed by atoms with van der Waals surface area (Å²) in [6.07, 6.45) is 8.27. The third kappa shape index (κ3) is 7.88. The molecule has 0 N–H and O–H groups in total. The average molecular weight is 1130 g/mol. The van der Waals surface area contributed by atoms with Crippen molar-refractivity contribution in [1.82, 2.24) is 0 Å². The maximum Gasteiger partial charge on any atom is 0.252 e. The van der Waals surface area contributed by atoms with Crippen molar-refractivity contribution in [2.45, 2.75) is 43.9 Å². The van der Waals surface area contributed by atoms with Crippen LogP contribution in [0.2, 0.25) is 0 Å². The van der Waals surface area contributed by atoms with Crippen LogP contribution in [-0.2, 0) is 5.41 Å². The molecule has 4 bridgehead atoms. The van der Waals surface area contributed by atoms with Gasteiger partial charge in [0.25, 0.3) is 6.71 Å². The Hall–Kier alpha value is -9.68. The zero-order chi connectivity index (χ0) is 57.2. The van der Waals surface area contributed by atoms with Crippen molar-refractivity contribution in [2.75, 3.05) is 14.7 Å². The Balaban J connectivity index is 0.874. The minimum atomic E-state index is -2.97. The number of hydrogen-bond acceptors (Lipinski definition) is 3. The monoisotopic (exact) mass is 1130 g/mol. The predicted octanol–water partition coefficient (Wildman–Crippen LogP) is 16.4. The third-order valence-corrected chi connectivity index (χ3v) is 25.9. The Morgan fingerprint density at radius 2 is 0.724 bits per heavy atom. The van der Waals surface area contributed by atoms with Crippen molar-refractivity contribution in [3.8, 4) is 33.4 Å². The lowest BCUT2D eigenvalue weighted by atomic mass is 9.33. The predicted molar refractivity (Wildman–Crippen MR) is 368 cm³/mol. The Morgan fingerprint density at radius 1 is 0.299 bits per heavy atom. The van der Waals surface area contributed by atoms with Crippen LogP contribution in [0.25, 0.3) is 33.4 Å². The van der Waals surface area contributed by atoms with Gasteiger partial charge in [-0.2, -0.15) is 0 Å². The van der Waals surface area contributed by atoms with Gasteiger partial charge in [-0.25, -0.2) is 0 Å². The first kappa shape index (κ1) is 50.6. The summed E-state index contributed by atoms with van der Waals surface area (Å²) in [5.74, 6) is 2.54. The van der Waals surface area contributed by atoms with Gasteiger partial charge < -0.3 is 14.7 Å². The molecule has 3 nitrogen and oxygen atoms in total. The Labute approximate surface area is 512 Å². The molecule has 0 saturated heterocycles. The number of benzene rings is 12. The van der Waals surface area contributed by atoms with Crippen LogP contribution in [0.4, 0.5) is 51.2 Å². The lowest BCUT2D eigenvalue weighted by molar-refractivity contribution is -0.00515. The van der Waals surface area contributed by atoms with Crippen molar-refractivity contribution < 1.29 is 0 Å². The minimum absolute atomic E-state index is 0.0708. The molecule has 0 aromatic heterocycles. The first-order chi connectivity index (χ1) is 43.1. The summed E-state index contributed by atoms with van der Waals surface area (Å²) in [5, 5.41) is 5.80. The first-order valence-electron chi connectivity index (χ1n) is 31.6. The molecule has 0 atom stereocenters. The molecule has 5 heteroatoms. The number of nitrogens with zero attached hydrogens (tertiary/aromatic N) is 3. The van der Waals surface area contributed by atoms with Crippen LogP contribution in [0.15, 0.2) is 297 Å². The topological polar surface area (TPSA) is 9.72 Å². The Kier molecular flexibility index (Phi) is 11.6. The molecule has 19 rings (SSSR count). The molecule has 414 valence electrons. The van der Waals surface area contributed by atoms with Crippen LogP contribution in [0, 0.1) is 17.8 Å². The highest BCUT2D eigenvalue weighted by Crippen LogP contribution is 2.61. The largest absolute Gasteiger partial charge is 0.311 e. The van der Waals surface area contributed by atoms with Gasteiger partial charge in [-0.15, -0.1) is 0 Å². The molecule has 3 heterocycles. The molecule has 12 aromatic carbocycles. The van der Waals surface area contributed by atoms with E-state index in [1.807, 2.05) is 0 Å². The molecular formula is C82H64BN3Si. The summed E-state index contributed by atoms with van der Waals surface area (Å²) < 4.78 is 0. The fourth-order valence-electron chi connectivity index (χ4n) is 17.8. The summed E-state index contributed by atoms with van der Waals surface area (Å²) in [5.41, 5.74) is 23.7. The Morgan fingerprint density at radius 3 is 1.29 bits per heavy atom. The number of fused-ring (bicyclic) bond motifs is 6. The van der Waals surface area contributed by atoms with Crippen molar-refractivity contribution in [3.63, 3.8) is 0 Å². The smallest absolute Gasteiger partial charge is 0.252 e. The van der Waals surface area contributed by atoms with Crippen LogP contribution in [0.5, 0.6) is 0 Å². The van der Waals surface area contributed by atoms with Gasteiger partial charge in [-0.1, -0.05) is 231 Å². The van der Waals surface area contributed by atoms with E-state index in [1.165, 1.54) is 143 Å². The maximum absolute atomic E-state index is 2.97. The molecule has 3 aliphatic heterocycles. The van der Waals surface area contributed by atoms with Crippen LogP contribution in [0.1, 0.15) is 44.1 Å². The number of hydrogen-bond donors (Lipinski definition) is 0. The van der Waals surface area contributed by atoms with Crippen LogP contribution >= 0.6 is 0 Å². The van der Waals surface area contributed by atoms with Crippen LogP contribution < -0.4 is 51.8 Å². The molecule has 0 amide bonds. The molecule has 87 heavy (non-hydrogen) atoms. The number of para-hydroxylation sites is 1. The van der Waals surface area contributed by atoms with Gasteiger partial charge in [0.15, 0.2) is 8.07 Å². The zero-order valence-electron chi connectivity index (χ0n) is 48.7. The summed E-state index contributed by atoms with van der Waals surface area (Å²) >= 11 is 0. The SMILES string of the molecule is c1ccc(-c2ccc(N3c4ccc(-c5ccccc5)cc4B4c5ccc(N6c7ccccc7[Si](c7ccccc7)(c7ccccc7)c7cc(C89CC%10CC(CC(C%10)C8)C9)ccc76)cc5N(c5ccc(-c6ccccc6)cc5)c5cccc3c54)cc2)cc1. The minimum Gasteiger partial charge on any atom is -0.311 e. The van der Waals surface area contributed by atoms with Gasteiger partial charge in [-0.05, 0) is 205 Å². The summed E-state index contributed by atoms with van der Waals surface area (Å²) in [6.45, 7) is -0.0708. The van der Waals surface area contributed by atoms with E-state index in [0.717, 1.165) is 34.8 Å². The molecular weight excluding hydrogens is 1070 g/mol. The molecule has 4 saturated carbocycles. The summed E-state index contributed by atoms with van der Waals surface area (Å²) in [6, 6.07) is 114.